The number of hydrogen-bond donors (Lipinski definition) is 1. The Morgan fingerprint density at radius 1 is 0.917 bits per heavy atom. The van der Waals surface area contributed by atoms with Crippen molar-refractivity contribution in [3.8, 4) is 0 Å². The summed E-state index contributed by atoms with van der Waals surface area (Å²) in [4.78, 5) is 12.1. The molecule has 3 aromatic rings. The van der Waals surface area contributed by atoms with Gasteiger partial charge in [-0.1, -0.05) is 66.7 Å². The number of amides is 1. The van der Waals surface area contributed by atoms with E-state index in [0.29, 0.717) is 0 Å². The summed E-state index contributed by atoms with van der Waals surface area (Å²) in [5.41, 5.74) is 3.33. The number of carbonyl (C=O) groups excluding carboxylic acids is 1. The van der Waals surface area contributed by atoms with Crippen LogP contribution in [0.15, 0.2) is 66.7 Å². The van der Waals surface area contributed by atoms with Gasteiger partial charge in [-0.3, -0.25) is 4.79 Å². The molecule has 0 heterocycles. The minimum atomic E-state index is -0.443. The van der Waals surface area contributed by atoms with Crippen LogP contribution in [0, 0.1) is 0 Å². The molecule has 1 aliphatic carbocycles. The minimum Gasteiger partial charge on any atom is -0.343 e. The Labute approximate surface area is 142 Å². The number of nitrogens with one attached hydrogen (secondary N) is 1. The van der Waals surface area contributed by atoms with E-state index < -0.39 is 5.54 Å². The van der Waals surface area contributed by atoms with Gasteiger partial charge in [-0.2, -0.15) is 0 Å². The lowest BCUT2D eigenvalue weighted by atomic mass is 9.71. The Morgan fingerprint density at radius 2 is 1.62 bits per heavy atom. The van der Waals surface area contributed by atoms with E-state index in [2.05, 4.69) is 72.0 Å². The van der Waals surface area contributed by atoms with Crippen molar-refractivity contribution in [3.63, 3.8) is 0 Å². The van der Waals surface area contributed by atoms with Crippen molar-refractivity contribution in [2.45, 2.75) is 31.7 Å². The van der Waals surface area contributed by atoms with Gasteiger partial charge in [0.2, 0.25) is 5.91 Å². The molecule has 0 saturated heterocycles. The van der Waals surface area contributed by atoms with Crippen LogP contribution >= 0.6 is 0 Å². The van der Waals surface area contributed by atoms with Crippen molar-refractivity contribution in [2.75, 3.05) is 0 Å². The first kappa shape index (κ1) is 14.9. The van der Waals surface area contributed by atoms with E-state index in [1.807, 2.05) is 0 Å². The van der Waals surface area contributed by atoms with E-state index in [-0.39, 0.29) is 5.91 Å². The fourth-order valence-electron chi connectivity index (χ4n) is 4.21. The molecule has 0 unspecified atom stereocenters. The van der Waals surface area contributed by atoms with Crippen LogP contribution in [0.5, 0.6) is 0 Å². The molecule has 1 amide bonds. The predicted molar refractivity (Wildman–Crippen MR) is 97.9 cm³/mol. The maximum atomic E-state index is 12.1. The van der Waals surface area contributed by atoms with Crippen LogP contribution in [0.3, 0.4) is 0 Å². The van der Waals surface area contributed by atoms with Gasteiger partial charge in [0, 0.05) is 6.92 Å². The molecule has 24 heavy (non-hydrogen) atoms. The second kappa shape index (κ2) is 5.79. The van der Waals surface area contributed by atoms with Crippen molar-refractivity contribution in [1.82, 2.24) is 5.32 Å². The van der Waals surface area contributed by atoms with E-state index in [4.69, 9.17) is 0 Å². The van der Waals surface area contributed by atoms with Gasteiger partial charge in [-0.25, -0.2) is 0 Å². The third kappa shape index (κ3) is 2.30. The first-order valence-corrected chi connectivity index (χ1v) is 8.56. The highest BCUT2D eigenvalue weighted by atomic mass is 16.1. The zero-order valence-electron chi connectivity index (χ0n) is 13.9. The average molecular weight is 315 g/mol. The van der Waals surface area contributed by atoms with Crippen molar-refractivity contribution >= 4 is 16.7 Å². The second-order valence-electron chi connectivity index (χ2n) is 6.62. The quantitative estimate of drug-likeness (QED) is 0.738. The topological polar surface area (TPSA) is 29.1 Å². The predicted octanol–water partition coefficient (Wildman–Crippen LogP) is 4.56. The lowest BCUT2D eigenvalue weighted by Gasteiger charge is -2.41. The van der Waals surface area contributed by atoms with Crippen molar-refractivity contribution < 1.29 is 4.79 Å². The SMILES string of the molecule is CC(=O)N[C@@]1(c2cccc3ccccc23)CCCc2ccccc21. The number of aryl methyl sites for hydroxylation is 1. The highest BCUT2D eigenvalue weighted by molar-refractivity contribution is 5.88. The van der Waals surface area contributed by atoms with Crippen LogP contribution < -0.4 is 5.32 Å². The molecule has 0 saturated carbocycles. The number of benzene rings is 3. The zero-order chi connectivity index (χ0) is 16.6. The summed E-state index contributed by atoms with van der Waals surface area (Å²) in [5.74, 6) is 0.0136. The molecule has 0 fully saturated rings. The fourth-order valence-corrected chi connectivity index (χ4v) is 4.21. The molecule has 4 rings (SSSR count). The normalized spacial score (nSPS) is 19.7. The Kier molecular flexibility index (Phi) is 3.61. The fraction of sp³-hybridized carbons (Fsp3) is 0.227. The van der Waals surface area contributed by atoms with Gasteiger partial charge in [0.1, 0.15) is 0 Å². The molecule has 2 heteroatoms. The Balaban J connectivity index is 2.04. The van der Waals surface area contributed by atoms with Crippen LogP contribution in [0.1, 0.15) is 36.5 Å². The number of carbonyl (C=O) groups is 1. The van der Waals surface area contributed by atoms with Crippen LogP contribution in [0.25, 0.3) is 10.8 Å². The average Bonchev–Trinajstić information content (AvgIpc) is 2.61. The van der Waals surface area contributed by atoms with Crippen LogP contribution in [0.2, 0.25) is 0 Å². The summed E-state index contributed by atoms with van der Waals surface area (Å²) in [7, 11) is 0. The highest BCUT2D eigenvalue weighted by Crippen LogP contribution is 2.43. The maximum Gasteiger partial charge on any atom is 0.217 e. The van der Waals surface area contributed by atoms with Crippen LogP contribution in [0.4, 0.5) is 0 Å². The molecule has 3 aromatic carbocycles. The molecule has 0 radical (unpaired) electrons. The van der Waals surface area contributed by atoms with Crippen molar-refractivity contribution in [2.24, 2.45) is 0 Å². The summed E-state index contributed by atoms with van der Waals surface area (Å²) in [6, 6.07) is 23.3. The summed E-state index contributed by atoms with van der Waals surface area (Å²) in [5, 5.41) is 5.75. The lowest BCUT2D eigenvalue weighted by molar-refractivity contribution is -0.120. The van der Waals surface area contributed by atoms with E-state index in [9.17, 15) is 4.79 Å². The van der Waals surface area contributed by atoms with Gasteiger partial charge in [0.15, 0.2) is 0 Å². The van der Waals surface area contributed by atoms with Crippen LogP contribution in [-0.4, -0.2) is 5.91 Å². The van der Waals surface area contributed by atoms with Gasteiger partial charge in [0.05, 0.1) is 5.54 Å². The third-order valence-corrected chi connectivity index (χ3v) is 5.11. The summed E-state index contributed by atoms with van der Waals surface area (Å²) in [6.07, 6.45) is 3.07. The molecule has 1 atom stereocenters. The van der Waals surface area contributed by atoms with Crippen molar-refractivity contribution in [3.05, 3.63) is 83.4 Å². The molecule has 120 valence electrons. The molecular weight excluding hydrogens is 294 g/mol. The van der Waals surface area contributed by atoms with E-state index in [0.717, 1.165) is 19.3 Å². The monoisotopic (exact) mass is 315 g/mol. The maximum absolute atomic E-state index is 12.1. The van der Waals surface area contributed by atoms with Gasteiger partial charge in [0.25, 0.3) is 0 Å². The Bertz CT molecular complexity index is 909. The molecular formula is C22H21NO. The van der Waals surface area contributed by atoms with Gasteiger partial charge in [-0.15, -0.1) is 0 Å². The first-order valence-electron chi connectivity index (χ1n) is 8.56. The van der Waals surface area contributed by atoms with Crippen molar-refractivity contribution in [1.29, 1.82) is 0 Å². The second-order valence-corrected chi connectivity index (χ2v) is 6.62. The van der Waals surface area contributed by atoms with Crippen LogP contribution in [-0.2, 0) is 16.8 Å². The summed E-state index contributed by atoms with van der Waals surface area (Å²) < 4.78 is 0. The highest BCUT2D eigenvalue weighted by Gasteiger charge is 2.39. The molecule has 0 aromatic heterocycles. The standard InChI is InChI=1S/C22H21NO/c1-16(24)23-22(15-7-11-18-9-3-5-13-20(18)22)21-14-6-10-17-8-2-4-12-19(17)21/h2-6,8-10,12-14H,7,11,15H2,1H3,(H,23,24)/t22-/m0/s1. The minimum absolute atomic E-state index is 0.0136. The molecule has 0 spiro atoms. The molecule has 1 aliphatic rings. The third-order valence-electron chi connectivity index (χ3n) is 5.11. The summed E-state index contributed by atoms with van der Waals surface area (Å²) in [6.45, 7) is 1.62. The summed E-state index contributed by atoms with van der Waals surface area (Å²) >= 11 is 0. The Hall–Kier alpha value is -2.61. The smallest absolute Gasteiger partial charge is 0.217 e. The lowest BCUT2D eigenvalue weighted by Crippen LogP contribution is -2.48. The Morgan fingerprint density at radius 3 is 2.50 bits per heavy atom. The van der Waals surface area contributed by atoms with E-state index in [1.54, 1.807) is 6.92 Å². The molecule has 0 aliphatic heterocycles. The van der Waals surface area contributed by atoms with Gasteiger partial charge in [-0.05, 0) is 46.7 Å². The largest absolute Gasteiger partial charge is 0.343 e. The van der Waals surface area contributed by atoms with Gasteiger partial charge >= 0.3 is 0 Å². The number of hydrogen-bond acceptors (Lipinski definition) is 1. The molecule has 0 bridgehead atoms. The van der Waals surface area contributed by atoms with Gasteiger partial charge < -0.3 is 5.32 Å². The molecule has 1 N–H and O–H groups in total. The van der Waals surface area contributed by atoms with E-state index in [1.165, 1.54) is 27.5 Å². The zero-order valence-corrected chi connectivity index (χ0v) is 13.9. The van der Waals surface area contributed by atoms with E-state index >= 15 is 0 Å². The number of rotatable bonds is 2. The number of fused-ring (bicyclic) bond motifs is 2. The first-order chi connectivity index (χ1) is 11.7. The molecule has 2 nitrogen and oxygen atoms in total.